The summed E-state index contributed by atoms with van der Waals surface area (Å²) >= 11 is 0. The number of aromatic nitrogens is 2. The molecular weight excluding hydrogens is 452 g/mol. The molecule has 1 atom stereocenters. The van der Waals surface area contributed by atoms with Gasteiger partial charge in [-0.15, -0.1) is 0 Å². The molecule has 1 aliphatic heterocycles. The fraction of sp³-hybridized carbons (Fsp3) is 0.409. The van der Waals surface area contributed by atoms with Gasteiger partial charge in [0.2, 0.25) is 5.95 Å². The summed E-state index contributed by atoms with van der Waals surface area (Å²) in [5, 5.41) is 12.3. The monoisotopic (exact) mass is 480 g/mol. The summed E-state index contributed by atoms with van der Waals surface area (Å²) in [5.41, 5.74) is 0.113. The summed E-state index contributed by atoms with van der Waals surface area (Å²) in [5.74, 6) is -2.25. The first kappa shape index (κ1) is 25.3. The molecule has 10 nitrogen and oxygen atoms in total. The van der Waals surface area contributed by atoms with E-state index in [0.717, 1.165) is 12.3 Å². The van der Waals surface area contributed by atoms with Gasteiger partial charge in [-0.3, -0.25) is 0 Å². The number of anilines is 1. The second-order valence-corrected chi connectivity index (χ2v) is 7.73. The zero-order valence-electron chi connectivity index (χ0n) is 19.4. The predicted molar refractivity (Wildman–Crippen MR) is 118 cm³/mol. The Hall–Kier alpha value is -3.35. The fourth-order valence-electron chi connectivity index (χ4n) is 3.16. The Kier molecular flexibility index (Phi) is 8.31. The van der Waals surface area contributed by atoms with Gasteiger partial charge in [-0.2, -0.15) is 0 Å². The number of rotatable bonds is 11. The molecule has 0 spiro atoms. The van der Waals surface area contributed by atoms with Gasteiger partial charge < -0.3 is 39.7 Å². The average Bonchev–Trinajstić information content (AvgIpc) is 3.17. The highest BCUT2D eigenvalue weighted by atomic mass is 19.1. The molecule has 0 bridgehead atoms. The number of nitrogens with one attached hydrogen (secondary N) is 2. The molecule has 1 aromatic carbocycles. The Morgan fingerprint density at radius 3 is 2.41 bits per heavy atom. The number of benzene rings is 1. The van der Waals surface area contributed by atoms with Gasteiger partial charge in [0.05, 0.1) is 38.8 Å². The minimum Gasteiger partial charge on any atom is -0.494 e. The Labute approximate surface area is 195 Å². The first-order valence-electron chi connectivity index (χ1n) is 10.4. The number of nitrogens with two attached hydrogens (primary N) is 1. The van der Waals surface area contributed by atoms with E-state index in [1.807, 2.05) is 19.2 Å². The molecule has 0 radical (unpaired) electrons. The normalized spacial score (nSPS) is 17.4. The molecule has 2 heterocycles. The van der Waals surface area contributed by atoms with Crippen LogP contribution in [-0.2, 0) is 16.1 Å². The van der Waals surface area contributed by atoms with Crippen LogP contribution in [0.4, 0.5) is 14.7 Å². The highest BCUT2D eigenvalue weighted by Crippen LogP contribution is 2.32. The molecule has 4 N–H and O–H groups in total. The maximum absolute atomic E-state index is 14.5. The van der Waals surface area contributed by atoms with E-state index in [4.69, 9.17) is 29.1 Å². The van der Waals surface area contributed by atoms with Crippen molar-refractivity contribution in [2.45, 2.75) is 32.3 Å². The van der Waals surface area contributed by atoms with Crippen LogP contribution in [0.3, 0.4) is 0 Å². The molecule has 0 unspecified atom stereocenters. The van der Waals surface area contributed by atoms with Gasteiger partial charge in [-0.25, -0.2) is 18.7 Å². The molecule has 1 saturated heterocycles. The fourth-order valence-corrected chi connectivity index (χ4v) is 3.16. The van der Waals surface area contributed by atoms with Crippen molar-refractivity contribution in [1.82, 2.24) is 9.97 Å². The SMILES string of the molecule is COc1cc(OC)c(F)c(COc2cnc(N/C(C=N)=C/[NH2+]C[C@H]3COC(C)(C)O3)nc2)c1F. The number of nitrogens with zero attached hydrogens (tertiary/aromatic N) is 2. The van der Waals surface area contributed by atoms with Crippen LogP contribution in [0.15, 0.2) is 30.4 Å². The van der Waals surface area contributed by atoms with E-state index in [2.05, 4.69) is 15.3 Å². The Morgan fingerprint density at radius 2 is 1.88 bits per heavy atom. The molecule has 12 heteroatoms. The van der Waals surface area contributed by atoms with Crippen molar-refractivity contribution in [2.75, 3.05) is 32.7 Å². The van der Waals surface area contributed by atoms with E-state index in [1.54, 1.807) is 6.20 Å². The largest absolute Gasteiger partial charge is 0.494 e. The summed E-state index contributed by atoms with van der Waals surface area (Å²) < 4.78 is 55.4. The highest BCUT2D eigenvalue weighted by molar-refractivity contribution is 5.79. The summed E-state index contributed by atoms with van der Waals surface area (Å²) in [7, 11) is 2.54. The van der Waals surface area contributed by atoms with Gasteiger partial charge in [0, 0.05) is 12.3 Å². The lowest BCUT2D eigenvalue weighted by Crippen LogP contribution is -2.81. The topological polar surface area (TPSA) is 124 Å². The quantitative estimate of drug-likeness (QED) is 0.417. The van der Waals surface area contributed by atoms with E-state index in [1.165, 1.54) is 26.6 Å². The number of ether oxygens (including phenoxy) is 5. The van der Waals surface area contributed by atoms with Crippen molar-refractivity contribution >= 4 is 12.2 Å². The second kappa shape index (κ2) is 11.2. The number of halogens is 2. The third-order valence-corrected chi connectivity index (χ3v) is 4.85. The van der Waals surface area contributed by atoms with Gasteiger partial charge in [0.25, 0.3) is 0 Å². The number of quaternary nitrogens is 1. The maximum Gasteiger partial charge on any atom is 0.227 e. The second-order valence-electron chi connectivity index (χ2n) is 7.73. The molecule has 3 rings (SSSR count). The van der Waals surface area contributed by atoms with Crippen LogP contribution in [0.1, 0.15) is 19.4 Å². The van der Waals surface area contributed by atoms with Gasteiger partial charge in [-0.05, 0) is 13.8 Å². The number of methoxy groups -OCH3 is 2. The van der Waals surface area contributed by atoms with Gasteiger partial charge in [0.15, 0.2) is 34.7 Å². The van der Waals surface area contributed by atoms with Crippen LogP contribution in [0, 0.1) is 17.0 Å². The molecular formula is C22H28F2N5O5+. The minimum absolute atomic E-state index is 0.0508. The lowest BCUT2D eigenvalue weighted by molar-refractivity contribution is -0.596. The first-order valence-corrected chi connectivity index (χ1v) is 10.4. The smallest absolute Gasteiger partial charge is 0.227 e. The van der Waals surface area contributed by atoms with Crippen molar-refractivity contribution in [3.05, 3.63) is 47.6 Å². The molecule has 1 fully saturated rings. The molecule has 1 aromatic heterocycles. The van der Waals surface area contributed by atoms with E-state index < -0.39 is 24.0 Å². The van der Waals surface area contributed by atoms with E-state index in [0.29, 0.717) is 18.8 Å². The predicted octanol–water partition coefficient (Wildman–Crippen LogP) is 1.97. The molecule has 1 aliphatic rings. The van der Waals surface area contributed by atoms with Crippen molar-refractivity contribution in [1.29, 1.82) is 5.41 Å². The highest BCUT2D eigenvalue weighted by Gasteiger charge is 2.33. The number of hydrogen-bond acceptors (Lipinski definition) is 9. The standard InChI is InChI=1S/C22H27F2N5O5/c1-22(2)33-11-15(34-22)8-26-7-13(6-25)29-21-27-9-14(10-28-21)32-12-16-19(23)17(30-3)5-18(31-4)20(16)24/h5-7,9-10,15,25-26H,8,11-12H2,1-4H3,(H,27,28,29)/p+1/b13-7+,25-6?/t15-/m0/s1. The third-order valence-electron chi connectivity index (χ3n) is 4.85. The van der Waals surface area contributed by atoms with Crippen molar-refractivity contribution in [2.24, 2.45) is 0 Å². The number of hydrogen-bond donors (Lipinski definition) is 3. The summed E-state index contributed by atoms with van der Waals surface area (Å²) in [4.78, 5) is 8.22. The zero-order valence-corrected chi connectivity index (χ0v) is 19.4. The zero-order chi connectivity index (χ0) is 24.7. The minimum atomic E-state index is -0.879. The summed E-state index contributed by atoms with van der Waals surface area (Å²) in [6.07, 6.45) is 5.49. The van der Waals surface area contributed by atoms with Crippen LogP contribution in [0.2, 0.25) is 0 Å². The van der Waals surface area contributed by atoms with Crippen LogP contribution in [0.25, 0.3) is 0 Å². The average molecular weight is 480 g/mol. The molecule has 0 aliphatic carbocycles. The molecule has 34 heavy (non-hydrogen) atoms. The lowest BCUT2D eigenvalue weighted by Gasteiger charge is -2.16. The maximum atomic E-state index is 14.5. The molecule has 184 valence electrons. The van der Waals surface area contributed by atoms with E-state index in [-0.39, 0.29) is 34.9 Å². The van der Waals surface area contributed by atoms with Crippen LogP contribution >= 0.6 is 0 Å². The Bertz CT molecular complexity index is 1010. The Balaban J connectivity index is 1.57. The van der Waals surface area contributed by atoms with Crippen LogP contribution in [-0.4, -0.2) is 55.4 Å². The van der Waals surface area contributed by atoms with Gasteiger partial charge in [-0.1, -0.05) is 0 Å². The molecule has 0 amide bonds. The lowest BCUT2D eigenvalue weighted by atomic mass is 10.1. The van der Waals surface area contributed by atoms with Crippen LogP contribution < -0.4 is 24.8 Å². The first-order chi connectivity index (χ1) is 16.3. The van der Waals surface area contributed by atoms with Gasteiger partial charge in [0.1, 0.15) is 31.2 Å². The molecule has 0 saturated carbocycles. The molecule has 2 aromatic rings. The third kappa shape index (κ3) is 6.37. The Morgan fingerprint density at radius 1 is 1.24 bits per heavy atom. The summed E-state index contributed by atoms with van der Waals surface area (Å²) in [6, 6.07) is 1.12. The number of allylic oxidation sites excluding steroid dienone is 1. The summed E-state index contributed by atoms with van der Waals surface area (Å²) in [6.45, 7) is 4.42. The van der Waals surface area contributed by atoms with Crippen LogP contribution in [0.5, 0.6) is 17.2 Å². The van der Waals surface area contributed by atoms with Crippen molar-refractivity contribution < 1.29 is 37.8 Å². The van der Waals surface area contributed by atoms with Gasteiger partial charge >= 0.3 is 0 Å². The van der Waals surface area contributed by atoms with Crippen molar-refractivity contribution in [3.63, 3.8) is 0 Å². The van der Waals surface area contributed by atoms with E-state index in [9.17, 15) is 8.78 Å². The van der Waals surface area contributed by atoms with Crippen molar-refractivity contribution in [3.8, 4) is 17.2 Å². The van der Waals surface area contributed by atoms with E-state index >= 15 is 0 Å².